The highest BCUT2D eigenvalue weighted by molar-refractivity contribution is 8.08. The van der Waals surface area contributed by atoms with E-state index in [0.29, 0.717) is 5.70 Å². The summed E-state index contributed by atoms with van der Waals surface area (Å²) in [5.74, 6) is 1.81. The molecule has 1 aromatic heterocycles. The summed E-state index contributed by atoms with van der Waals surface area (Å²) in [6, 6.07) is 6.08. The standard InChI is InChI=1S/C17H15FN4OS/c1-3-8-20-16(23)14-15(11-4-6-12(18)7-5-11)24-17(22(14)2)13-9-19-10-21-13/h1,4-7,9-10,17H,8H2,2H3,(H,19,21)(H,20,23). The number of amides is 1. The van der Waals surface area contributed by atoms with Gasteiger partial charge < -0.3 is 15.2 Å². The molecule has 1 atom stereocenters. The Morgan fingerprint density at radius 1 is 1.50 bits per heavy atom. The summed E-state index contributed by atoms with van der Waals surface area (Å²) < 4.78 is 13.2. The van der Waals surface area contributed by atoms with Gasteiger partial charge in [0.15, 0.2) is 0 Å². The minimum absolute atomic E-state index is 0.126. The van der Waals surface area contributed by atoms with Crippen LogP contribution in [-0.2, 0) is 4.79 Å². The average molecular weight is 342 g/mol. The Morgan fingerprint density at radius 3 is 2.88 bits per heavy atom. The lowest BCUT2D eigenvalue weighted by molar-refractivity contribution is -0.118. The van der Waals surface area contributed by atoms with Gasteiger partial charge in [0.05, 0.1) is 24.8 Å². The Bertz CT molecular complexity index is 808. The monoisotopic (exact) mass is 342 g/mol. The SMILES string of the molecule is C#CCNC(=O)C1=C(c2ccc(F)cc2)SC(c2cnc[nH]2)N1C. The van der Waals surface area contributed by atoms with Gasteiger partial charge in [-0.15, -0.1) is 6.42 Å². The third kappa shape index (κ3) is 3.01. The van der Waals surface area contributed by atoms with E-state index in [2.05, 4.69) is 21.2 Å². The number of carbonyl (C=O) groups is 1. The number of aromatic amines is 1. The van der Waals surface area contributed by atoms with Crippen molar-refractivity contribution in [3.63, 3.8) is 0 Å². The summed E-state index contributed by atoms with van der Waals surface area (Å²) in [7, 11) is 1.83. The van der Waals surface area contributed by atoms with Gasteiger partial charge in [-0.1, -0.05) is 29.8 Å². The van der Waals surface area contributed by atoms with Crippen LogP contribution in [0.5, 0.6) is 0 Å². The van der Waals surface area contributed by atoms with Crippen LogP contribution in [-0.4, -0.2) is 34.4 Å². The first kappa shape index (κ1) is 16.1. The number of nitrogens with one attached hydrogen (secondary N) is 2. The molecule has 2 N–H and O–H groups in total. The molecule has 0 aliphatic carbocycles. The van der Waals surface area contributed by atoms with Crippen LogP contribution < -0.4 is 5.32 Å². The molecule has 1 aromatic carbocycles. The number of H-pyrrole nitrogens is 1. The van der Waals surface area contributed by atoms with E-state index >= 15 is 0 Å². The molecule has 0 saturated carbocycles. The molecule has 1 aliphatic rings. The maximum Gasteiger partial charge on any atom is 0.269 e. The molecule has 7 heteroatoms. The van der Waals surface area contributed by atoms with Crippen molar-refractivity contribution < 1.29 is 9.18 Å². The summed E-state index contributed by atoms with van der Waals surface area (Å²) in [6.45, 7) is 0.145. The van der Waals surface area contributed by atoms with Crippen molar-refractivity contribution in [3.8, 4) is 12.3 Å². The fraction of sp³-hybridized carbons (Fsp3) is 0.176. The largest absolute Gasteiger partial charge is 0.352 e. The smallest absolute Gasteiger partial charge is 0.269 e. The molecule has 2 aromatic rings. The quantitative estimate of drug-likeness (QED) is 0.838. The van der Waals surface area contributed by atoms with Crippen LogP contribution in [0.15, 0.2) is 42.5 Å². The molecule has 0 saturated heterocycles. The number of terminal acetylenes is 1. The minimum Gasteiger partial charge on any atom is -0.352 e. The molecular formula is C17H15FN4OS. The highest BCUT2D eigenvalue weighted by Crippen LogP contribution is 2.50. The van der Waals surface area contributed by atoms with Crippen LogP contribution >= 0.6 is 11.8 Å². The maximum atomic E-state index is 13.2. The van der Waals surface area contributed by atoms with Crippen LogP contribution in [0.4, 0.5) is 4.39 Å². The van der Waals surface area contributed by atoms with E-state index in [-0.39, 0.29) is 23.6 Å². The van der Waals surface area contributed by atoms with Crippen LogP contribution in [0.3, 0.4) is 0 Å². The highest BCUT2D eigenvalue weighted by atomic mass is 32.2. The Kier molecular flexibility index (Phi) is 4.58. The maximum absolute atomic E-state index is 13.2. The van der Waals surface area contributed by atoms with E-state index in [1.165, 1.54) is 23.9 Å². The van der Waals surface area contributed by atoms with E-state index in [4.69, 9.17) is 6.42 Å². The van der Waals surface area contributed by atoms with Gasteiger partial charge in [0.25, 0.3) is 5.91 Å². The Balaban J connectivity index is 2.00. The summed E-state index contributed by atoms with van der Waals surface area (Å²) in [4.78, 5) is 22.3. The highest BCUT2D eigenvalue weighted by Gasteiger charge is 2.36. The number of aromatic nitrogens is 2. The first-order valence-electron chi connectivity index (χ1n) is 7.21. The fourth-order valence-electron chi connectivity index (χ4n) is 2.48. The van der Waals surface area contributed by atoms with Crippen molar-refractivity contribution in [1.82, 2.24) is 20.2 Å². The molecule has 5 nitrogen and oxygen atoms in total. The van der Waals surface area contributed by atoms with E-state index in [0.717, 1.165) is 16.2 Å². The van der Waals surface area contributed by atoms with Crippen molar-refractivity contribution in [2.75, 3.05) is 13.6 Å². The van der Waals surface area contributed by atoms with Crippen LogP contribution in [0.2, 0.25) is 0 Å². The second kappa shape index (κ2) is 6.81. The lowest BCUT2D eigenvalue weighted by Gasteiger charge is -2.22. The third-order valence-electron chi connectivity index (χ3n) is 3.61. The molecule has 1 unspecified atom stereocenters. The second-order valence-electron chi connectivity index (χ2n) is 5.16. The number of likely N-dealkylation sites (N-methyl/N-ethyl adjacent to an activating group) is 1. The van der Waals surface area contributed by atoms with Crippen molar-refractivity contribution in [2.45, 2.75) is 5.37 Å². The molecule has 2 heterocycles. The fourth-order valence-corrected chi connectivity index (χ4v) is 3.85. The molecule has 1 aliphatic heterocycles. The van der Waals surface area contributed by atoms with Crippen LogP contribution in [0.25, 0.3) is 4.91 Å². The number of carbonyl (C=O) groups excluding carboxylic acids is 1. The van der Waals surface area contributed by atoms with Gasteiger partial charge in [-0.25, -0.2) is 9.37 Å². The second-order valence-corrected chi connectivity index (χ2v) is 6.25. The average Bonchev–Trinajstić information content (AvgIpc) is 3.21. The minimum atomic E-state index is -0.320. The van der Waals surface area contributed by atoms with E-state index in [1.807, 2.05) is 11.9 Å². The van der Waals surface area contributed by atoms with Gasteiger partial charge in [0.2, 0.25) is 0 Å². The third-order valence-corrected chi connectivity index (χ3v) is 5.07. The number of rotatable bonds is 4. The molecule has 122 valence electrons. The first-order chi connectivity index (χ1) is 11.6. The molecule has 0 bridgehead atoms. The van der Waals surface area contributed by atoms with Gasteiger partial charge in [-0.05, 0) is 17.7 Å². The molecule has 24 heavy (non-hydrogen) atoms. The predicted octanol–water partition coefficient (Wildman–Crippen LogP) is 2.34. The molecular weight excluding hydrogens is 327 g/mol. The summed E-state index contributed by atoms with van der Waals surface area (Å²) in [5, 5.41) is 2.57. The van der Waals surface area contributed by atoms with E-state index < -0.39 is 0 Å². The number of halogens is 1. The zero-order valence-electron chi connectivity index (χ0n) is 12.9. The lowest BCUT2D eigenvalue weighted by Crippen LogP contribution is -2.32. The topological polar surface area (TPSA) is 61.0 Å². The van der Waals surface area contributed by atoms with E-state index in [9.17, 15) is 9.18 Å². The molecule has 1 amide bonds. The Morgan fingerprint density at radius 2 is 2.25 bits per heavy atom. The van der Waals surface area contributed by atoms with Gasteiger partial charge in [0, 0.05) is 12.0 Å². The number of hydrogen-bond donors (Lipinski definition) is 2. The van der Waals surface area contributed by atoms with Crippen molar-refractivity contribution >= 4 is 22.6 Å². The van der Waals surface area contributed by atoms with Crippen molar-refractivity contribution in [3.05, 3.63) is 59.6 Å². The van der Waals surface area contributed by atoms with Gasteiger partial charge in [0.1, 0.15) is 16.9 Å². The zero-order valence-corrected chi connectivity index (χ0v) is 13.7. The van der Waals surface area contributed by atoms with Crippen molar-refractivity contribution in [1.29, 1.82) is 0 Å². The first-order valence-corrected chi connectivity index (χ1v) is 8.09. The Labute approximate surface area is 143 Å². The molecule has 0 spiro atoms. The summed E-state index contributed by atoms with van der Waals surface area (Å²) in [6.07, 6.45) is 8.54. The number of imidazole rings is 1. The molecule has 0 radical (unpaired) electrons. The number of thioether (sulfide) groups is 1. The number of hydrogen-bond acceptors (Lipinski definition) is 4. The molecule has 3 rings (SSSR count). The summed E-state index contributed by atoms with van der Waals surface area (Å²) >= 11 is 1.50. The van der Waals surface area contributed by atoms with Crippen LogP contribution in [0, 0.1) is 18.2 Å². The predicted molar refractivity (Wildman–Crippen MR) is 91.8 cm³/mol. The zero-order chi connectivity index (χ0) is 17.1. The van der Waals surface area contributed by atoms with Gasteiger partial charge >= 0.3 is 0 Å². The molecule has 0 fully saturated rings. The van der Waals surface area contributed by atoms with Gasteiger partial charge in [-0.3, -0.25) is 4.79 Å². The number of nitrogens with zero attached hydrogens (tertiary/aromatic N) is 2. The van der Waals surface area contributed by atoms with Gasteiger partial charge in [-0.2, -0.15) is 0 Å². The van der Waals surface area contributed by atoms with Crippen molar-refractivity contribution in [2.24, 2.45) is 0 Å². The van der Waals surface area contributed by atoms with E-state index in [1.54, 1.807) is 24.7 Å². The lowest BCUT2D eigenvalue weighted by atomic mass is 10.1. The number of benzene rings is 1. The normalized spacial score (nSPS) is 17.0. The Hall–Kier alpha value is -2.72. The summed E-state index contributed by atoms with van der Waals surface area (Å²) in [5.41, 5.74) is 2.16. The van der Waals surface area contributed by atoms with Crippen LogP contribution in [0.1, 0.15) is 16.6 Å².